The van der Waals surface area contributed by atoms with Crippen LogP contribution in [0.3, 0.4) is 0 Å². The Morgan fingerprint density at radius 1 is 0.968 bits per heavy atom. The van der Waals surface area contributed by atoms with E-state index < -0.39 is 15.9 Å². The number of sulfonamides is 1. The summed E-state index contributed by atoms with van der Waals surface area (Å²) >= 11 is 0. The largest absolute Gasteiger partial charge is 0.454 e. The minimum absolute atomic E-state index is 0.127. The summed E-state index contributed by atoms with van der Waals surface area (Å²) in [7, 11) is -3.93. The van der Waals surface area contributed by atoms with Gasteiger partial charge in [0, 0.05) is 6.54 Å². The molecule has 0 fully saturated rings. The van der Waals surface area contributed by atoms with Gasteiger partial charge in [-0.25, -0.2) is 8.42 Å². The van der Waals surface area contributed by atoms with Crippen molar-refractivity contribution in [3.63, 3.8) is 0 Å². The summed E-state index contributed by atoms with van der Waals surface area (Å²) in [6.45, 7) is 1.89. The molecule has 1 heterocycles. The van der Waals surface area contributed by atoms with Crippen LogP contribution in [0.4, 0.5) is 5.69 Å². The lowest BCUT2D eigenvalue weighted by Gasteiger charge is -2.25. The molecule has 3 aromatic carbocycles. The third kappa shape index (κ3) is 4.49. The van der Waals surface area contributed by atoms with Gasteiger partial charge < -0.3 is 14.8 Å². The van der Waals surface area contributed by atoms with Crippen molar-refractivity contribution in [2.45, 2.75) is 18.4 Å². The Kier molecular flexibility index (Phi) is 5.81. The maximum atomic E-state index is 13.3. The Balaban J connectivity index is 1.55. The van der Waals surface area contributed by atoms with Gasteiger partial charge in [-0.15, -0.1) is 0 Å². The number of carbonyl (C=O) groups excluding carboxylic acids is 1. The van der Waals surface area contributed by atoms with Gasteiger partial charge in [-0.05, 0) is 48.4 Å². The highest BCUT2D eigenvalue weighted by atomic mass is 32.2. The zero-order valence-corrected chi connectivity index (χ0v) is 17.8. The number of fused-ring (bicyclic) bond motifs is 1. The van der Waals surface area contributed by atoms with Crippen molar-refractivity contribution in [1.29, 1.82) is 0 Å². The van der Waals surface area contributed by atoms with E-state index in [0.717, 1.165) is 15.4 Å². The van der Waals surface area contributed by atoms with Gasteiger partial charge in [0.25, 0.3) is 10.0 Å². The number of amides is 1. The Morgan fingerprint density at radius 2 is 1.68 bits per heavy atom. The number of ether oxygens (including phenoxy) is 2. The van der Waals surface area contributed by atoms with Crippen molar-refractivity contribution in [2.24, 2.45) is 0 Å². The average Bonchev–Trinajstić information content (AvgIpc) is 3.25. The molecule has 0 aliphatic carbocycles. The normalized spacial score (nSPS) is 12.4. The van der Waals surface area contributed by atoms with Gasteiger partial charge >= 0.3 is 0 Å². The molecule has 0 saturated carbocycles. The molecule has 1 amide bonds. The van der Waals surface area contributed by atoms with E-state index in [2.05, 4.69) is 5.32 Å². The molecule has 0 saturated heterocycles. The minimum atomic E-state index is -3.93. The van der Waals surface area contributed by atoms with E-state index in [1.807, 2.05) is 25.1 Å². The number of hydrogen-bond acceptors (Lipinski definition) is 5. The van der Waals surface area contributed by atoms with E-state index in [1.165, 1.54) is 12.1 Å². The number of nitrogens with one attached hydrogen (secondary N) is 1. The molecule has 1 N–H and O–H groups in total. The number of anilines is 1. The molecule has 4 rings (SSSR count). The summed E-state index contributed by atoms with van der Waals surface area (Å²) in [6, 6.07) is 20.6. The first-order chi connectivity index (χ1) is 14.9. The van der Waals surface area contributed by atoms with Gasteiger partial charge in [-0.1, -0.05) is 42.5 Å². The van der Waals surface area contributed by atoms with E-state index in [4.69, 9.17) is 9.47 Å². The van der Waals surface area contributed by atoms with Gasteiger partial charge in [0.15, 0.2) is 11.5 Å². The van der Waals surface area contributed by atoms with Crippen LogP contribution in [0, 0.1) is 6.92 Å². The van der Waals surface area contributed by atoms with Crippen molar-refractivity contribution >= 4 is 21.6 Å². The molecule has 0 atom stereocenters. The zero-order chi connectivity index (χ0) is 21.8. The third-order valence-electron chi connectivity index (χ3n) is 4.93. The summed E-state index contributed by atoms with van der Waals surface area (Å²) in [6.07, 6.45) is 0. The van der Waals surface area contributed by atoms with Crippen LogP contribution in [0.1, 0.15) is 11.1 Å². The van der Waals surface area contributed by atoms with E-state index in [-0.39, 0.29) is 24.8 Å². The highest BCUT2D eigenvalue weighted by molar-refractivity contribution is 7.92. The summed E-state index contributed by atoms with van der Waals surface area (Å²) < 4.78 is 38.5. The number of benzene rings is 3. The van der Waals surface area contributed by atoms with Crippen LogP contribution < -0.4 is 19.1 Å². The highest BCUT2D eigenvalue weighted by Gasteiger charge is 2.28. The number of carbonyl (C=O) groups is 1. The molecule has 1 aliphatic heterocycles. The Morgan fingerprint density at radius 3 is 2.45 bits per heavy atom. The van der Waals surface area contributed by atoms with Crippen LogP contribution in [0.2, 0.25) is 0 Å². The molecular formula is C23H22N2O5S. The Labute approximate surface area is 181 Å². The molecule has 7 nitrogen and oxygen atoms in total. The first-order valence-corrected chi connectivity index (χ1v) is 11.2. The molecule has 160 valence electrons. The standard InChI is InChI=1S/C23H22N2O5S/c1-17-7-5-6-10-20(17)25(31(27,28)19-8-3-2-4-9-19)15-23(26)24-14-18-11-12-21-22(13-18)30-16-29-21/h2-13H,14-16H2,1H3,(H,24,26). The number of hydrogen-bond donors (Lipinski definition) is 1. The minimum Gasteiger partial charge on any atom is -0.454 e. The molecule has 8 heteroatoms. The first-order valence-electron chi connectivity index (χ1n) is 9.74. The number of rotatable bonds is 7. The first kappa shape index (κ1) is 20.7. The molecule has 1 aliphatic rings. The molecule has 0 radical (unpaired) electrons. The molecule has 0 unspecified atom stereocenters. The fourth-order valence-corrected chi connectivity index (χ4v) is 4.81. The average molecular weight is 439 g/mol. The highest BCUT2D eigenvalue weighted by Crippen LogP contribution is 2.32. The number of nitrogens with zero attached hydrogens (tertiary/aromatic N) is 1. The van der Waals surface area contributed by atoms with Crippen molar-refractivity contribution in [1.82, 2.24) is 5.32 Å². The second kappa shape index (κ2) is 8.69. The maximum absolute atomic E-state index is 13.3. The SMILES string of the molecule is Cc1ccccc1N(CC(=O)NCc1ccc2c(c1)OCO2)S(=O)(=O)c1ccccc1. The van der Waals surface area contributed by atoms with Gasteiger partial charge in [-0.2, -0.15) is 0 Å². The van der Waals surface area contributed by atoms with E-state index in [1.54, 1.807) is 42.5 Å². The van der Waals surface area contributed by atoms with Crippen LogP contribution in [0.25, 0.3) is 0 Å². The molecule has 0 aromatic heterocycles. The summed E-state index contributed by atoms with van der Waals surface area (Å²) in [4.78, 5) is 12.9. The van der Waals surface area contributed by atoms with Crippen LogP contribution >= 0.6 is 0 Å². The second-order valence-corrected chi connectivity index (χ2v) is 8.94. The Bertz CT molecular complexity index is 1200. The summed E-state index contributed by atoms with van der Waals surface area (Å²) in [5, 5.41) is 2.79. The molecule has 3 aromatic rings. The van der Waals surface area contributed by atoms with Gasteiger partial charge in [0.2, 0.25) is 12.7 Å². The smallest absolute Gasteiger partial charge is 0.264 e. The maximum Gasteiger partial charge on any atom is 0.264 e. The second-order valence-electron chi connectivity index (χ2n) is 7.08. The van der Waals surface area contributed by atoms with Crippen molar-refractivity contribution in [3.05, 3.63) is 83.9 Å². The monoisotopic (exact) mass is 438 g/mol. The van der Waals surface area contributed by atoms with E-state index >= 15 is 0 Å². The lowest BCUT2D eigenvalue weighted by Crippen LogP contribution is -2.41. The van der Waals surface area contributed by atoms with Gasteiger partial charge in [0.05, 0.1) is 10.6 Å². The lowest BCUT2D eigenvalue weighted by atomic mass is 10.2. The molecule has 31 heavy (non-hydrogen) atoms. The van der Waals surface area contributed by atoms with Gasteiger partial charge in [-0.3, -0.25) is 9.10 Å². The predicted molar refractivity (Wildman–Crippen MR) is 117 cm³/mol. The van der Waals surface area contributed by atoms with E-state index in [9.17, 15) is 13.2 Å². The number of aryl methyl sites for hydroxylation is 1. The lowest BCUT2D eigenvalue weighted by molar-refractivity contribution is -0.119. The van der Waals surface area contributed by atoms with Crippen LogP contribution in [-0.2, 0) is 21.4 Å². The molecular weight excluding hydrogens is 416 g/mol. The van der Waals surface area contributed by atoms with Crippen molar-refractivity contribution < 1.29 is 22.7 Å². The molecule has 0 spiro atoms. The predicted octanol–water partition coefficient (Wildman–Crippen LogP) is 3.24. The Hall–Kier alpha value is -3.52. The van der Waals surface area contributed by atoms with Crippen molar-refractivity contribution in [2.75, 3.05) is 17.6 Å². The van der Waals surface area contributed by atoms with Crippen molar-refractivity contribution in [3.8, 4) is 11.5 Å². The number of para-hydroxylation sites is 1. The summed E-state index contributed by atoms with van der Waals surface area (Å²) in [5.74, 6) is 0.870. The van der Waals surface area contributed by atoms with Gasteiger partial charge in [0.1, 0.15) is 6.54 Å². The molecule has 0 bridgehead atoms. The third-order valence-corrected chi connectivity index (χ3v) is 6.70. The quantitative estimate of drug-likeness (QED) is 0.612. The fourth-order valence-electron chi connectivity index (χ4n) is 3.30. The topological polar surface area (TPSA) is 84.9 Å². The van der Waals surface area contributed by atoms with E-state index in [0.29, 0.717) is 17.2 Å². The van der Waals surface area contributed by atoms with Crippen LogP contribution in [-0.4, -0.2) is 27.7 Å². The van der Waals surface area contributed by atoms with Crippen LogP contribution in [0.15, 0.2) is 77.7 Å². The zero-order valence-electron chi connectivity index (χ0n) is 16.9. The van der Waals surface area contributed by atoms with Crippen LogP contribution in [0.5, 0.6) is 11.5 Å². The fraction of sp³-hybridized carbons (Fsp3) is 0.174. The summed E-state index contributed by atoms with van der Waals surface area (Å²) in [5.41, 5.74) is 2.04.